The van der Waals surface area contributed by atoms with Crippen LogP contribution in [0.2, 0.25) is 5.02 Å². The predicted octanol–water partition coefficient (Wildman–Crippen LogP) is 4.08. The van der Waals surface area contributed by atoms with Crippen LogP contribution in [0, 0.1) is 0 Å². The number of nitrogens with one attached hydrogen (secondary N) is 1. The summed E-state index contributed by atoms with van der Waals surface area (Å²) in [5.41, 5.74) is -6.77. The van der Waals surface area contributed by atoms with Crippen molar-refractivity contribution >= 4 is 21.4 Å². The lowest BCUT2D eigenvalue weighted by molar-refractivity contribution is -0.376. The Kier molecular flexibility index (Phi) is 5.47. The van der Waals surface area contributed by atoms with Crippen LogP contribution >= 0.6 is 11.6 Å². The molecule has 13 heteroatoms. The normalized spacial score (nSPS) is 23.6. The molecule has 33 heavy (non-hydrogen) atoms. The van der Waals surface area contributed by atoms with Crippen LogP contribution < -0.4 is 10.1 Å². The zero-order chi connectivity index (χ0) is 24.4. The first-order chi connectivity index (χ1) is 15.2. The van der Waals surface area contributed by atoms with E-state index in [1.165, 1.54) is 24.3 Å². The summed E-state index contributed by atoms with van der Waals surface area (Å²) in [6.07, 6.45) is -12.2. The zero-order valence-corrected chi connectivity index (χ0v) is 18.0. The van der Waals surface area contributed by atoms with E-state index in [9.17, 15) is 39.9 Å². The van der Waals surface area contributed by atoms with E-state index in [-0.39, 0.29) is 35.1 Å². The Hall–Kier alpha value is -2.02. The molecule has 0 spiro atoms. The lowest BCUT2D eigenvalue weighted by Gasteiger charge is -2.40. The Morgan fingerprint density at radius 1 is 1.03 bits per heavy atom. The van der Waals surface area contributed by atoms with Crippen LogP contribution in [0.1, 0.15) is 17.5 Å². The van der Waals surface area contributed by atoms with E-state index in [0.29, 0.717) is 12.1 Å². The number of halogens is 7. The molecule has 0 bridgehead atoms. The van der Waals surface area contributed by atoms with Crippen molar-refractivity contribution in [2.75, 3.05) is 13.2 Å². The third kappa shape index (κ3) is 3.33. The standard InChI is InChI=1S/C20H16ClF6NO4S/c21-12-2-4-13(5-3-12)33(30,31)17-7-8-28-16(17)10-32-15-9-11(1-6-14(15)17)18(29,19(22,23)24)20(25,26)27/h1-6,9,16,28-29H,7-8,10H2. The number of hydrogen-bond donors (Lipinski definition) is 2. The maximum Gasteiger partial charge on any atom is 0.430 e. The van der Waals surface area contributed by atoms with Crippen LogP contribution in [0.3, 0.4) is 0 Å². The molecule has 2 aromatic rings. The third-order valence-electron chi connectivity index (χ3n) is 6.13. The van der Waals surface area contributed by atoms with Gasteiger partial charge in [-0.3, -0.25) is 0 Å². The lowest BCUT2D eigenvalue weighted by Crippen LogP contribution is -2.54. The summed E-state index contributed by atoms with van der Waals surface area (Å²) in [7, 11) is -4.20. The Bertz CT molecular complexity index is 1170. The van der Waals surface area contributed by atoms with E-state index in [1.54, 1.807) is 0 Å². The van der Waals surface area contributed by atoms with Crippen molar-refractivity contribution in [1.29, 1.82) is 0 Å². The first-order valence-electron chi connectivity index (χ1n) is 9.53. The number of ether oxygens (including phenoxy) is 1. The third-order valence-corrected chi connectivity index (χ3v) is 8.95. The molecule has 0 radical (unpaired) electrons. The van der Waals surface area contributed by atoms with Gasteiger partial charge in [-0.15, -0.1) is 0 Å². The highest BCUT2D eigenvalue weighted by Gasteiger charge is 2.71. The van der Waals surface area contributed by atoms with E-state index in [4.69, 9.17) is 16.3 Å². The summed E-state index contributed by atoms with van der Waals surface area (Å²) < 4.78 is 111. The van der Waals surface area contributed by atoms with Crippen LogP contribution in [-0.4, -0.2) is 45.1 Å². The van der Waals surface area contributed by atoms with Crippen molar-refractivity contribution in [3.8, 4) is 5.75 Å². The van der Waals surface area contributed by atoms with Crippen molar-refractivity contribution in [2.45, 2.75) is 40.1 Å². The van der Waals surface area contributed by atoms with E-state index in [1.807, 2.05) is 0 Å². The molecule has 2 N–H and O–H groups in total. The maximum absolute atomic E-state index is 13.7. The molecule has 2 heterocycles. The second-order valence-corrected chi connectivity index (χ2v) is 10.5. The highest BCUT2D eigenvalue weighted by Crippen LogP contribution is 2.54. The first kappa shape index (κ1) is 24.1. The van der Waals surface area contributed by atoms with E-state index < -0.39 is 49.9 Å². The Morgan fingerprint density at radius 3 is 2.21 bits per heavy atom. The average molecular weight is 516 g/mol. The van der Waals surface area contributed by atoms with Crippen molar-refractivity contribution < 1.29 is 44.6 Å². The van der Waals surface area contributed by atoms with Crippen molar-refractivity contribution in [2.24, 2.45) is 0 Å². The van der Waals surface area contributed by atoms with Crippen LogP contribution in [0.5, 0.6) is 5.75 Å². The van der Waals surface area contributed by atoms with Crippen molar-refractivity contribution in [1.82, 2.24) is 5.32 Å². The monoisotopic (exact) mass is 515 g/mol. The van der Waals surface area contributed by atoms with Gasteiger partial charge in [0.05, 0.1) is 10.9 Å². The molecule has 1 fully saturated rings. The lowest BCUT2D eigenvalue weighted by atomic mass is 9.84. The van der Waals surface area contributed by atoms with E-state index in [2.05, 4.69) is 5.32 Å². The van der Waals surface area contributed by atoms with Gasteiger partial charge in [0.25, 0.3) is 5.60 Å². The molecule has 0 saturated carbocycles. The molecule has 2 unspecified atom stereocenters. The molecule has 5 nitrogen and oxygen atoms in total. The van der Waals surface area contributed by atoms with Gasteiger partial charge in [0.15, 0.2) is 9.84 Å². The molecular weight excluding hydrogens is 500 g/mol. The van der Waals surface area contributed by atoms with Gasteiger partial charge in [0, 0.05) is 16.1 Å². The van der Waals surface area contributed by atoms with Crippen molar-refractivity contribution in [3.05, 3.63) is 58.6 Å². The smallest absolute Gasteiger partial charge is 0.430 e. The van der Waals surface area contributed by atoms with Crippen LogP contribution in [0.25, 0.3) is 0 Å². The van der Waals surface area contributed by atoms with Gasteiger partial charge in [0.2, 0.25) is 0 Å². The number of alkyl halides is 6. The highest BCUT2D eigenvalue weighted by atomic mass is 35.5. The van der Waals surface area contributed by atoms with Gasteiger partial charge < -0.3 is 15.2 Å². The highest BCUT2D eigenvalue weighted by molar-refractivity contribution is 7.92. The topological polar surface area (TPSA) is 75.6 Å². The quantitative estimate of drug-likeness (QED) is 0.603. The molecule has 2 aliphatic heterocycles. The van der Waals surface area contributed by atoms with E-state index in [0.717, 1.165) is 6.07 Å². The summed E-state index contributed by atoms with van der Waals surface area (Å²) in [5, 5.41) is 13.0. The summed E-state index contributed by atoms with van der Waals surface area (Å²) in [5.74, 6) is -0.475. The number of hydrogen-bond acceptors (Lipinski definition) is 5. The van der Waals surface area contributed by atoms with Crippen molar-refractivity contribution in [3.63, 3.8) is 0 Å². The Morgan fingerprint density at radius 2 is 1.64 bits per heavy atom. The molecule has 1 saturated heterocycles. The molecule has 0 aromatic heterocycles. The molecule has 180 valence electrons. The molecule has 4 rings (SSSR count). The number of rotatable bonds is 3. The van der Waals surface area contributed by atoms with Crippen LogP contribution in [0.4, 0.5) is 26.3 Å². The molecule has 2 atom stereocenters. The number of sulfone groups is 1. The minimum atomic E-state index is -6.08. The molecular formula is C20H16ClF6NO4S. The number of fused-ring (bicyclic) bond motifs is 3. The summed E-state index contributed by atoms with van der Waals surface area (Å²) in [6.45, 7) is -0.100. The van der Waals surface area contributed by atoms with Gasteiger partial charge in [-0.1, -0.05) is 23.7 Å². The Labute approximate surface area is 189 Å². The zero-order valence-electron chi connectivity index (χ0n) is 16.5. The fourth-order valence-electron chi connectivity index (χ4n) is 4.46. The fourth-order valence-corrected chi connectivity index (χ4v) is 6.85. The van der Waals surface area contributed by atoms with Crippen LogP contribution in [-0.2, 0) is 20.2 Å². The number of benzene rings is 2. The second kappa shape index (κ2) is 7.49. The maximum atomic E-state index is 13.7. The largest absolute Gasteiger partial charge is 0.492 e. The molecule has 0 aliphatic carbocycles. The SMILES string of the molecule is O=S(=O)(c1ccc(Cl)cc1)C12CCNC1COc1cc(C(O)(C(F)(F)F)C(F)(F)F)ccc12. The molecule has 2 aromatic carbocycles. The molecule has 2 aliphatic rings. The van der Waals surface area contributed by atoms with Gasteiger partial charge in [-0.25, -0.2) is 8.42 Å². The fraction of sp³-hybridized carbons (Fsp3) is 0.400. The summed E-state index contributed by atoms with van der Waals surface area (Å²) >= 11 is 5.84. The van der Waals surface area contributed by atoms with Gasteiger partial charge in [-0.2, -0.15) is 26.3 Å². The minimum Gasteiger partial charge on any atom is -0.492 e. The van der Waals surface area contributed by atoms with Gasteiger partial charge in [-0.05, 0) is 43.3 Å². The van der Waals surface area contributed by atoms with E-state index >= 15 is 0 Å². The summed E-state index contributed by atoms with van der Waals surface area (Å²) in [6, 6.07) is 6.15. The number of aliphatic hydroxyl groups is 1. The molecule has 0 amide bonds. The van der Waals surface area contributed by atoms with Crippen LogP contribution in [0.15, 0.2) is 47.4 Å². The predicted molar refractivity (Wildman–Crippen MR) is 105 cm³/mol. The van der Waals surface area contributed by atoms with Gasteiger partial charge >= 0.3 is 12.4 Å². The average Bonchev–Trinajstić information content (AvgIpc) is 3.17. The Balaban J connectivity index is 1.92. The minimum absolute atomic E-state index is 0.00113. The summed E-state index contributed by atoms with van der Waals surface area (Å²) in [4.78, 5) is -0.111. The first-order valence-corrected chi connectivity index (χ1v) is 11.4. The second-order valence-electron chi connectivity index (χ2n) is 7.83. The van der Waals surface area contributed by atoms with Gasteiger partial charge in [0.1, 0.15) is 17.1 Å².